The van der Waals surface area contributed by atoms with Crippen LogP contribution < -0.4 is 0 Å². The molecule has 0 spiro atoms. The number of rotatable bonds is 3. The molecule has 4 aromatic carbocycles. The maximum atomic E-state index is 6.42. The molecule has 0 unspecified atom stereocenters. The van der Waals surface area contributed by atoms with E-state index in [9.17, 15) is 0 Å². The van der Waals surface area contributed by atoms with Crippen molar-refractivity contribution in [2.75, 3.05) is 0 Å². The van der Waals surface area contributed by atoms with Crippen LogP contribution >= 0.6 is 11.6 Å². The molecule has 0 saturated heterocycles. The third kappa shape index (κ3) is 3.37. The third-order valence-electron chi connectivity index (χ3n) is 4.81. The van der Waals surface area contributed by atoms with Gasteiger partial charge in [-0.15, -0.1) is 0 Å². The number of halogens is 1. The molecule has 5 rings (SSSR count). The largest absolute Gasteiger partial charge is 0.208 e. The molecular weight excluding hydrogens is 378 g/mol. The number of aromatic nitrogens is 3. The van der Waals surface area contributed by atoms with Crippen molar-refractivity contribution in [3.05, 3.63) is 102 Å². The molecule has 29 heavy (non-hydrogen) atoms. The second-order valence-electron chi connectivity index (χ2n) is 6.68. The van der Waals surface area contributed by atoms with Crippen molar-refractivity contribution in [3.63, 3.8) is 0 Å². The van der Waals surface area contributed by atoms with Gasteiger partial charge in [0.2, 0.25) is 0 Å². The molecule has 4 heteroatoms. The zero-order chi connectivity index (χ0) is 19.6. The maximum Gasteiger partial charge on any atom is 0.164 e. The summed E-state index contributed by atoms with van der Waals surface area (Å²) in [5, 5.41) is 2.71. The van der Waals surface area contributed by atoms with Gasteiger partial charge in [0.15, 0.2) is 17.5 Å². The Balaban J connectivity index is 1.78. The summed E-state index contributed by atoms with van der Waals surface area (Å²) in [5.41, 5.74) is 2.83. The van der Waals surface area contributed by atoms with Gasteiger partial charge < -0.3 is 0 Å². The standard InChI is InChI=1S/C25H16ClN3/c26-22-16-8-13-19-20(22)14-7-15-21(19)25-28-23(17-9-3-1-4-10-17)27-24(29-25)18-11-5-2-6-12-18/h1-16H. The molecule has 0 fully saturated rings. The molecule has 138 valence electrons. The van der Waals surface area contributed by atoms with E-state index in [1.165, 1.54) is 0 Å². The Labute approximate surface area is 173 Å². The first-order valence-corrected chi connectivity index (χ1v) is 9.72. The van der Waals surface area contributed by atoms with Crippen LogP contribution in [0.3, 0.4) is 0 Å². The molecule has 3 nitrogen and oxygen atoms in total. The lowest BCUT2D eigenvalue weighted by Gasteiger charge is -2.10. The van der Waals surface area contributed by atoms with Gasteiger partial charge in [0.05, 0.1) is 0 Å². The van der Waals surface area contributed by atoms with Crippen LogP contribution in [0.25, 0.3) is 44.9 Å². The van der Waals surface area contributed by atoms with E-state index in [1.807, 2.05) is 97.1 Å². The summed E-state index contributed by atoms with van der Waals surface area (Å²) in [6.45, 7) is 0. The van der Waals surface area contributed by atoms with Crippen molar-refractivity contribution in [1.82, 2.24) is 15.0 Å². The number of hydrogen-bond donors (Lipinski definition) is 0. The second kappa shape index (κ2) is 7.46. The minimum atomic E-state index is 0.630. The molecule has 0 aliphatic heterocycles. The zero-order valence-electron chi connectivity index (χ0n) is 15.5. The summed E-state index contributed by atoms with van der Waals surface area (Å²) in [6.07, 6.45) is 0. The Bertz CT molecular complexity index is 1240. The third-order valence-corrected chi connectivity index (χ3v) is 5.14. The summed E-state index contributed by atoms with van der Waals surface area (Å²) >= 11 is 6.42. The lowest BCUT2D eigenvalue weighted by Crippen LogP contribution is -2.00. The van der Waals surface area contributed by atoms with Gasteiger partial charge in [-0.05, 0) is 11.5 Å². The van der Waals surface area contributed by atoms with Crippen LogP contribution in [0.4, 0.5) is 0 Å². The number of benzene rings is 4. The van der Waals surface area contributed by atoms with Crippen LogP contribution in [0.2, 0.25) is 5.02 Å². The zero-order valence-corrected chi connectivity index (χ0v) is 16.2. The van der Waals surface area contributed by atoms with Crippen LogP contribution in [-0.4, -0.2) is 15.0 Å². The van der Waals surface area contributed by atoms with Gasteiger partial charge >= 0.3 is 0 Å². The number of fused-ring (bicyclic) bond motifs is 1. The quantitative estimate of drug-likeness (QED) is 0.343. The molecule has 0 aliphatic carbocycles. The summed E-state index contributed by atoms with van der Waals surface area (Å²) in [7, 11) is 0. The van der Waals surface area contributed by atoms with Crippen LogP contribution in [-0.2, 0) is 0 Å². The first kappa shape index (κ1) is 17.5. The lowest BCUT2D eigenvalue weighted by molar-refractivity contribution is 1.08. The molecule has 0 N–H and O–H groups in total. The molecule has 0 amide bonds. The molecule has 0 atom stereocenters. The average molecular weight is 394 g/mol. The SMILES string of the molecule is Clc1cccc2c(-c3nc(-c4ccccc4)nc(-c4ccccc4)n3)cccc12. The fraction of sp³-hybridized carbons (Fsp3) is 0. The topological polar surface area (TPSA) is 38.7 Å². The first-order chi connectivity index (χ1) is 14.3. The normalized spacial score (nSPS) is 10.9. The van der Waals surface area contributed by atoms with Crippen LogP contribution in [0.15, 0.2) is 97.1 Å². The van der Waals surface area contributed by atoms with Gasteiger partial charge in [0.25, 0.3) is 0 Å². The fourth-order valence-corrected chi connectivity index (χ4v) is 3.63. The summed E-state index contributed by atoms with van der Waals surface area (Å²) < 4.78 is 0. The second-order valence-corrected chi connectivity index (χ2v) is 7.09. The van der Waals surface area contributed by atoms with Crippen molar-refractivity contribution >= 4 is 22.4 Å². The van der Waals surface area contributed by atoms with Crippen molar-refractivity contribution < 1.29 is 0 Å². The Morgan fingerprint density at radius 2 is 0.966 bits per heavy atom. The molecule has 5 aromatic rings. The molecule has 1 heterocycles. The molecular formula is C25H16ClN3. The van der Waals surface area contributed by atoms with Crippen molar-refractivity contribution in [2.24, 2.45) is 0 Å². The Morgan fingerprint density at radius 1 is 0.448 bits per heavy atom. The summed E-state index contributed by atoms with van der Waals surface area (Å²) in [5.74, 6) is 1.92. The van der Waals surface area contributed by atoms with E-state index >= 15 is 0 Å². The van der Waals surface area contributed by atoms with Crippen molar-refractivity contribution in [2.45, 2.75) is 0 Å². The van der Waals surface area contributed by atoms with E-state index in [0.29, 0.717) is 22.5 Å². The van der Waals surface area contributed by atoms with E-state index in [2.05, 4.69) is 0 Å². The highest BCUT2D eigenvalue weighted by Gasteiger charge is 2.14. The summed E-state index contributed by atoms with van der Waals surface area (Å²) in [6, 6.07) is 31.8. The fourth-order valence-electron chi connectivity index (χ4n) is 3.40. The van der Waals surface area contributed by atoms with Gasteiger partial charge in [-0.2, -0.15) is 0 Å². The van der Waals surface area contributed by atoms with Gasteiger partial charge in [-0.3, -0.25) is 0 Å². The van der Waals surface area contributed by atoms with Gasteiger partial charge in [0.1, 0.15) is 0 Å². The van der Waals surface area contributed by atoms with Gasteiger partial charge in [-0.1, -0.05) is 103 Å². The van der Waals surface area contributed by atoms with Crippen molar-refractivity contribution in [3.8, 4) is 34.2 Å². The predicted octanol–water partition coefficient (Wildman–Crippen LogP) is 6.68. The molecule has 0 saturated carbocycles. The van der Waals surface area contributed by atoms with Crippen LogP contribution in [0.1, 0.15) is 0 Å². The van der Waals surface area contributed by atoms with Crippen LogP contribution in [0.5, 0.6) is 0 Å². The highest BCUT2D eigenvalue weighted by Crippen LogP contribution is 2.32. The van der Waals surface area contributed by atoms with Gasteiger partial charge in [0, 0.05) is 27.1 Å². The van der Waals surface area contributed by atoms with Crippen LogP contribution in [0, 0.1) is 0 Å². The minimum Gasteiger partial charge on any atom is -0.208 e. The minimum absolute atomic E-state index is 0.630. The molecule has 0 bridgehead atoms. The Kier molecular flexibility index (Phi) is 4.51. The molecule has 1 aromatic heterocycles. The smallest absolute Gasteiger partial charge is 0.164 e. The summed E-state index contributed by atoms with van der Waals surface area (Å²) in [4.78, 5) is 14.4. The van der Waals surface area contributed by atoms with Gasteiger partial charge in [-0.25, -0.2) is 15.0 Å². The molecule has 0 radical (unpaired) electrons. The molecule has 0 aliphatic rings. The first-order valence-electron chi connectivity index (χ1n) is 9.34. The average Bonchev–Trinajstić information content (AvgIpc) is 2.80. The van der Waals surface area contributed by atoms with E-state index in [0.717, 1.165) is 27.5 Å². The predicted molar refractivity (Wildman–Crippen MR) is 119 cm³/mol. The van der Waals surface area contributed by atoms with E-state index in [4.69, 9.17) is 26.6 Å². The van der Waals surface area contributed by atoms with E-state index in [1.54, 1.807) is 0 Å². The highest BCUT2D eigenvalue weighted by molar-refractivity contribution is 6.35. The maximum absolute atomic E-state index is 6.42. The van der Waals surface area contributed by atoms with Crippen molar-refractivity contribution in [1.29, 1.82) is 0 Å². The van der Waals surface area contributed by atoms with E-state index in [-0.39, 0.29) is 0 Å². The Hall–Kier alpha value is -3.56. The number of nitrogens with zero attached hydrogens (tertiary/aromatic N) is 3. The van der Waals surface area contributed by atoms with E-state index < -0.39 is 0 Å². The number of hydrogen-bond acceptors (Lipinski definition) is 3. The Morgan fingerprint density at radius 3 is 1.59 bits per heavy atom. The highest BCUT2D eigenvalue weighted by atomic mass is 35.5. The lowest BCUT2D eigenvalue weighted by atomic mass is 10.0. The monoisotopic (exact) mass is 393 g/mol.